The number of nitrogens with one attached hydrogen (secondary N) is 1. The Morgan fingerprint density at radius 1 is 1.25 bits per heavy atom. The van der Waals surface area contributed by atoms with Crippen LogP contribution < -0.4 is 14.8 Å². The van der Waals surface area contributed by atoms with Crippen LogP contribution in [0.25, 0.3) is 0 Å². The molecule has 0 amide bonds. The van der Waals surface area contributed by atoms with Crippen LogP contribution in [0.3, 0.4) is 0 Å². The second-order valence-electron chi connectivity index (χ2n) is 4.34. The van der Waals surface area contributed by atoms with E-state index < -0.39 is 0 Å². The first kappa shape index (κ1) is 14.9. The number of hydrogen-bond acceptors (Lipinski definition) is 4. The zero-order valence-electron chi connectivity index (χ0n) is 12.0. The molecule has 0 aliphatic heterocycles. The van der Waals surface area contributed by atoms with Crippen molar-refractivity contribution in [2.45, 2.75) is 6.04 Å². The number of hydrogen-bond donors (Lipinski definition) is 1. The molecule has 0 spiro atoms. The monoisotopic (exact) mass is 339 g/mol. The Morgan fingerprint density at radius 3 is 2.50 bits per heavy atom. The second-order valence-corrected chi connectivity index (χ2v) is 5.13. The highest BCUT2D eigenvalue weighted by Gasteiger charge is 2.22. The standard InChI is InChI=1S/C14H18BrN3O2/c1-16-13(10-7-8-18(2)17-10)9-5-6-11(19-3)12(15)14(9)20-4/h5-8,13,16H,1-4H3. The highest BCUT2D eigenvalue weighted by Crippen LogP contribution is 2.40. The Balaban J connectivity index is 2.52. The summed E-state index contributed by atoms with van der Waals surface area (Å²) in [4.78, 5) is 0. The summed E-state index contributed by atoms with van der Waals surface area (Å²) >= 11 is 3.52. The van der Waals surface area contributed by atoms with Gasteiger partial charge in [-0.2, -0.15) is 5.10 Å². The van der Waals surface area contributed by atoms with E-state index in [1.807, 2.05) is 38.5 Å². The van der Waals surface area contributed by atoms with Crippen LogP contribution in [0.4, 0.5) is 0 Å². The molecular weight excluding hydrogens is 322 g/mol. The van der Waals surface area contributed by atoms with Gasteiger partial charge in [0.25, 0.3) is 0 Å². The molecule has 108 valence electrons. The molecule has 1 heterocycles. The minimum atomic E-state index is -0.0478. The molecule has 0 radical (unpaired) electrons. The molecule has 2 aromatic rings. The smallest absolute Gasteiger partial charge is 0.141 e. The number of halogens is 1. The van der Waals surface area contributed by atoms with Crippen molar-refractivity contribution >= 4 is 15.9 Å². The van der Waals surface area contributed by atoms with E-state index in [1.165, 1.54) is 0 Å². The summed E-state index contributed by atoms with van der Waals surface area (Å²) in [6.07, 6.45) is 1.92. The average Bonchev–Trinajstić information content (AvgIpc) is 2.86. The first-order valence-electron chi connectivity index (χ1n) is 6.19. The lowest BCUT2D eigenvalue weighted by atomic mass is 10.0. The number of nitrogens with zero attached hydrogens (tertiary/aromatic N) is 2. The summed E-state index contributed by atoms with van der Waals surface area (Å²) < 4.78 is 13.4. The van der Waals surface area contributed by atoms with Crippen molar-refractivity contribution in [1.29, 1.82) is 0 Å². The van der Waals surface area contributed by atoms with Crippen molar-refractivity contribution in [3.05, 3.63) is 40.1 Å². The van der Waals surface area contributed by atoms with Crippen molar-refractivity contribution in [2.24, 2.45) is 7.05 Å². The molecule has 0 fully saturated rings. The van der Waals surface area contributed by atoms with E-state index in [0.29, 0.717) is 0 Å². The topological polar surface area (TPSA) is 48.3 Å². The van der Waals surface area contributed by atoms with Gasteiger partial charge < -0.3 is 14.8 Å². The maximum atomic E-state index is 5.53. The summed E-state index contributed by atoms with van der Waals surface area (Å²) in [5, 5.41) is 7.73. The van der Waals surface area contributed by atoms with Gasteiger partial charge in [-0.1, -0.05) is 0 Å². The van der Waals surface area contributed by atoms with Gasteiger partial charge in [-0.15, -0.1) is 0 Å². The molecular formula is C14H18BrN3O2. The quantitative estimate of drug-likeness (QED) is 0.909. The molecule has 1 atom stereocenters. The van der Waals surface area contributed by atoms with Gasteiger partial charge >= 0.3 is 0 Å². The van der Waals surface area contributed by atoms with Crippen LogP contribution in [-0.2, 0) is 7.05 Å². The van der Waals surface area contributed by atoms with Gasteiger partial charge in [0, 0.05) is 18.8 Å². The molecule has 6 heteroatoms. The largest absolute Gasteiger partial charge is 0.495 e. The fraction of sp³-hybridized carbons (Fsp3) is 0.357. The van der Waals surface area contributed by atoms with E-state index >= 15 is 0 Å². The second kappa shape index (κ2) is 6.28. The fourth-order valence-corrected chi connectivity index (χ4v) is 2.88. The molecule has 1 aromatic heterocycles. The third-order valence-electron chi connectivity index (χ3n) is 3.15. The minimum absolute atomic E-state index is 0.0478. The Kier molecular flexibility index (Phi) is 4.67. The maximum Gasteiger partial charge on any atom is 0.141 e. The summed E-state index contributed by atoms with van der Waals surface area (Å²) in [6.45, 7) is 0. The third kappa shape index (κ3) is 2.66. The molecule has 0 aliphatic carbocycles. The number of methoxy groups -OCH3 is 2. The van der Waals surface area contributed by atoms with E-state index in [9.17, 15) is 0 Å². The highest BCUT2D eigenvalue weighted by molar-refractivity contribution is 9.10. The highest BCUT2D eigenvalue weighted by atomic mass is 79.9. The number of aromatic nitrogens is 2. The van der Waals surface area contributed by atoms with Crippen LogP contribution in [0.15, 0.2) is 28.9 Å². The molecule has 2 rings (SSSR count). The van der Waals surface area contributed by atoms with Gasteiger partial charge in [0.1, 0.15) is 16.0 Å². The van der Waals surface area contributed by atoms with Crippen LogP contribution in [0, 0.1) is 0 Å². The maximum absolute atomic E-state index is 5.53. The average molecular weight is 340 g/mol. The van der Waals surface area contributed by atoms with Gasteiger partial charge in [0.2, 0.25) is 0 Å². The zero-order chi connectivity index (χ0) is 14.7. The van der Waals surface area contributed by atoms with E-state index in [2.05, 4.69) is 26.3 Å². The molecule has 0 aliphatic rings. The molecule has 0 saturated heterocycles. The van der Waals surface area contributed by atoms with E-state index in [4.69, 9.17) is 9.47 Å². The van der Waals surface area contributed by atoms with Crippen molar-refractivity contribution in [3.63, 3.8) is 0 Å². The molecule has 0 bridgehead atoms. The van der Waals surface area contributed by atoms with Crippen molar-refractivity contribution in [3.8, 4) is 11.5 Å². The molecule has 5 nitrogen and oxygen atoms in total. The van der Waals surface area contributed by atoms with Crippen LogP contribution in [-0.4, -0.2) is 31.0 Å². The first-order chi connectivity index (χ1) is 9.62. The summed E-state index contributed by atoms with van der Waals surface area (Å²) in [5.41, 5.74) is 1.94. The Labute approximate surface area is 127 Å². The minimum Gasteiger partial charge on any atom is -0.495 e. The van der Waals surface area contributed by atoms with Gasteiger partial charge in [0.05, 0.1) is 26.0 Å². The summed E-state index contributed by atoms with van der Waals surface area (Å²) in [6, 6.07) is 5.83. The summed E-state index contributed by atoms with van der Waals surface area (Å²) in [5.74, 6) is 1.48. The molecule has 1 N–H and O–H groups in total. The van der Waals surface area contributed by atoms with Crippen LogP contribution in [0.1, 0.15) is 17.3 Å². The van der Waals surface area contributed by atoms with Crippen molar-refractivity contribution < 1.29 is 9.47 Å². The summed E-state index contributed by atoms with van der Waals surface area (Å²) in [7, 11) is 7.08. The Hall–Kier alpha value is -1.53. The first-order valence-corrected chi connectivity index (χ1v) is 6.98. The number of aryl methyl sites for hydroxylation is 1. The molecule has 20 heavy (non-hydrogen) atoms. The number of ether oxygens (including phenoxy) is 2. The van der Waals surface area contributed by atoms with E-state index in [0.717, 1.165) is 27.2 Å². The molecule has 0 saturated carbocycles. The van der Waals surface area contributed by atoms with Crippen molar-refractivity contribution in [1.82, 2.24) is 15.1 Å². The Morgan fingerprint density at radius 2 is 2.00 bits per heavy atom. The Bertz CT molecular complexity index is 598. The lowest BCUT2D eigenvalue weighted by molar-refractivity contribution is 0.383. The van der Waals surface area contributed by atoms with Gasteiger partial charge in [-0.3, -0.25) is 4.68 Å². The lowest BCUT2D eigenvalue weighted by Crippen LogP contribution is -2.19. The van der Waals surface area contributed by atoms with Gasteiger partial charge in [-0.05, 0) is 41.2 Å². The van der Waals surface area contributed by atoms with Crippen LogP contribution in [0.5, 0.6) is 11.5 Å². The fourth-order valence-electron chi connectivity index (χ4n) is 2.20. The van der Waals surface area contributed by atoms with E-state index in [-0.39, 0.29) is 6.04 Å². The van der Waals surface area contributed by atoms with Gasteiger partial charge in [-0.25, -0.2) is 0 Å². The van der Waals surface area contributed by atoms with E-state index in [1.54, 1.807) is 18.9 Å². The van der Waals surface area contributed by atoms with Crippen LogP contribution in [0.2, 0.25) is 0 Å². The molecule has 1 aromatic carbocycles. The van der Waals surface area contributed by atoms with Crippen LogP contribution >= 0.6 is 15.9 Å². The predicted molar refractivity (Wildman–Crippen MR) is 81.4 cm³/mol. The predicted octanol–water partition coefficient (Wildman–Crippen LogP) is 2.51. The lowest BCUT2D eigenvalue weighted by Gasteiger charge is -2.19. The van der Waals surface area contributed by atoms with Gasteiger partial charge in [0.15, 0.2) is 0 Å². The number of benzene rings is 1. The normalized spacial score (nSPS) is 12.2. The molecule has 1 unspecified atom stereocenters. The number of rotatable bonds is 5. The third-order valence-corrected chi connectivity index (χ3v) is 3.90. The zero-order valence-corrected chi connectivity index (χ0v) is 13.6. The van der Waals surface area contributed by atoms with Crippen molar-refractivity contribution in [2.75, 3.05) is 21.3 Å². The SMILES string of the molecule is CNC(c1ccn(C)n1)c1ccc(OC)c(Br)c1OC.